The minimum Gasteiger partial charge on any atom is -0.207 e. The highest BCUT2D eigenvalue weighted by atomic mass is 35.5. The molecule has 2 rings (SSSR count). The molecular formula is C17H22ClF. The first kappa shape index (κ1) is 17.7. The minimum atomic E-state index is -0.0972. The predicted octanol–water partition coefficient (Wildman–Crippen LogP) is 6.06. The third-order valence-corrected chi connectivity index (χ3v) is 2.84. The molecule has 0 aliphatic rings. The Labute approximate surface area is 121 Å². The third-order valence-electron chi connectivity index (χ3n) is 2.42. The van der Waals surface area contributed by atoms with Crippen molar-refractivity contribution in [2.75, 3.05) is 0 Å². The highest BCUT2D eigenvalue weighted by molar-refractivity contribution is 6.31. The second kappa shape index (κ2) is 10.6. The van der Waals surface area contributed by atoms with E-state index in [9.17, 15) is 4.39 Å². The van der Waals surface area contributed by atoms with Crippen molar-refractivity contribution in [3.05, 3.63) is 70.5 Å². The van der Waals surface area contributed by atoms with Gasteiger partial charge in [0.05, 0.1) is 0 Å². The van der Waals surface area contributed by atoms with Gasteiger partial charge < -0.3 is 0 Å². The van der Waals surface area contributed by atoms with Crippen LogP contribution in [0.5, 0.6) is 0 Å². The fourth-order valence-electron chi connectivity index (χ4n) is 1.34. The molecule has 0 aromatic heterocycles. The van der Waals surface area contributed by atoms with E-state index in [1.807, 2.05) is 58.0 Å². The minimum absolute atomic E-state index is 0.0972. The Hall–Kier alpha value is -1.34. The molecule has 19 heavy (non-hydrogen) atoms. The van der Waals surface area contributed by atoms with Crippen molar-refractivity contribution < 1.29 is 4.39 Å². The van der Waals surface area contributed by atoms with E-state index in [1.165, 1.54) is 6.07 Å². The van der Waals surface area contributed by atoms with Crippen LogP contribution in [0.1, 0.15) is 31.9 Å². The first-order valence-electron chi connectivity index (χ1n) is 6.59. The molecule has 0 fully saturated rings. The molecule has 0 N–H and O–H groups in total. The summed E-state index contributed by atoms with van der Waals surface area (Å²) in [6, 6.07) is 14.6. The van der Waals surface area contributed by atoms with Crippen LogP contribution in [0.2, 0.25) is 5.02 Å². The van der Waals surface area contributed by atoms with E-state index in [2.05, 4.69) is 0 Å². The Morgan fingerprint density at radius 3 is 1.84 bits per heavy atom. The van der Waals surface area contributed by atoms with Crippen LogP contribution in [0, 0.1) is 12.7 Å². The lowest BCUT2D eigenvalue weighted by Gasteiger charge is -1.94. The summed E-state index contributed by atoms with van der Waals surface area (Å²) in [7, 11) is 0. The average molecular weight is 281 g/mol. The van der Waals surface area contributed by atoms with E-state index in [0.717, 1.165) is 22.6 Å². The Morgan fingerprint density at radius 2 is 1.47 bits per heavy atom. The van der Waals surface area contributed by atoms with Gasteiger partial charge in [0.25, 0.3) is 0 Å². The van der Waals surface area contributed by atoms with Gasteiger partial charge in [-0.3, -0.25) is 0 Å². The van der Waals surface area contributed by atoms with Crippen LogP contribution in [0.25, 0.3) is 0 Å². The van der Waals surface area contributed by atoms with Gasteiger partial charge in [-0.1, -0.05) is 68.8 Å². The second-order valence-corrected chi connectivity index (χ2v) is 4.10. The Bertz CT molecular complexity index is 445. The van der Waals surface area contributed by atoms with Crippen molar-refractivity contribution in [1.82, 2.24) is 0 Å². The lowest BCUT2D eigenvalue weighted by molar-refractivity contribution is 0.612. The fraction of sp³-hybridized carbons (Fsp3) is 0.294. The summed E-state index contributed by atoms with van der Waals surface area (Å²) in [5, 5.41) is 0.840. The van der Waals surface area contributed by atoms with Crippen LogP contribution in [0.4, 0.5) is 4.39 Å². The van der Waals surface area contributed by atoms with E-state index in [1.54, 1.807) is 12.1 Å². The molecule has 0 radical (unpaired) electrons. The molecule has 0 nitrogen and oxygen atoms in total. The Kier molecular flexibility index (Phi) is 9.82. The first-order valence-corrected chi connectivity index (χ1v) is 6.97. The van der Waals surface area contributed by atoms with Crippen LogP contribution in [-0.4, -0.2) is 0 Å². The Balaban J connectivity index is 0.000000303. The fourth-order valence-corrected chi connectivity index (χ4v) is 1.47. The highest BCUT2D eigenvalue weighted by Crippen LogP contribution is 2.11. The van der Waals surface area contributed by atoms with Gasteiger partial charge in [0, 0.05) is 5.02 Å². The van der Waals surface area contributed by atoms with Gasteiger partial charge in [0.15, 0.2) is 0 Å². The Morgan fingerprint density at radius 1 is 0.947 bits per heavy atom. The van der Waals surface area contributed by atoms with Gasteiger partial charge in [-0.05, 0) is 36.6 Å². The third kappa shape index (κ3) is 6.97. The normalized spacial score (nSPS) is 8.74. The summed E-state index contributed by atoms with van der Waals surface area (Å²) in [6.45, 7) is 7.93. The van der Waals surface area contributed by atoms with Crippen molar-refractivity contribution in [2.24, 2.45) is 0 Å². The van der Waals surface area contributed by atoms with E-state index in [0.29, 0.717) is 0 Å². The number of aryl methyl sites for hydroxylation is 2. The van der Waals surface area contributed by atoms with E-state index in [4.69, 9.17) is 11.6 Å². The molecule has 0 saturated heterocycles. The molecule has 0 unspecified atom stereocenters. The molecule has 104 valence electrons. The van der Waals surface area contributed by atoms with Crippen molar-refractivity contribution in [3.8, 4) is 0 Å². The van der Waals surface area contributed by atoms with Gasteiger partial charge >= 0.3 is 0 Å². The highest BCUT2D eigenvalue weighted by Gasteiger charge is 1.93. The number of benzene rings is 2. The molecule has 2 heteroatoms. The van der Waals surface area contributed by atoms with Crippen molar-refractivity contribution in [2.45, 2.75) is 34.1 Å². The topological polar surface area (TPSA) is 0 Å². The number of hydrogen-bond acceptors (Lipinski definition) is 0. The number of hydrogen-bond donors (Lipinski definition) is 0. The molecule has 0 saturated carbocycles. The largest absolute Gasteiger partial charge is 0.207 e. The smallest absolute Gasteiger partial charge is 0.126 e. The maximum absolute atomic E-state index is 12.6. The SMILES string of the molecule is CC.CCc1ccccc1F.Cc1ccccc1Cl. The maximum atomic E-state index is 12.6. The summed E-state index contributed by atoms with van der Waals surface area (Å²) < 4.78 is 12.6. The molecular weight excluding hydrogens is 259 g/mol. The van der Waals surface area contributed by atoms with Gasteiger partial charge in [0.2, 0.25) is 0 Å². The quantitative estimate of drug-likeness (QED) is 0.595. The molecule has 0 aliphatic carbocycles. The monoisotopic (exact) mass is 280 g/mol. The first-order chi connectivity index (χ1) is 9.15. The van der Waals surface area contributed by atoms with E-state index >= 15 is 0 Å². The molecule has 0 amide bonds. The summed E-state index contributed by atoms with van der Waals surface area (Å²) in [6.07, 6.45) is 0.771. The summed E-state index contributed by atoms with van der Waals surface area (Å²) in [5.41, 5.74) is 1.92. The predicted molar refractivity (Wildman–Crippen MR) is 83.3 cm³/mol. The zero-order chi connectivity index (χ0) is 14.7. The standard InChI is InChI=1S/C8H9F.C7H7Cl.C2H6/c1-2-7-5-3-4-6-8(7)9;1-6-4-2-3-5-7(6)8;1-2/h3-6H,2H2,1H3;2-5H,1H3;1-2H3. The van der Waals surface area contributed by atoms with Gasteiger partial charge in [0.1, 0.15) is 5.82 Å². The lowest BCUT2D eigenvalue weighted by atomic mass is 10.2. The molecule has 0 atom stereocenters. The van der Waals surface area contributed by atoms with Crippen molar-refractivity contribution >= 4 is 11.6 Å². The summed E-state index contributed by atoms with van der Waals surface area (Å²) in [4.78, 5) is 0. The van der Waals surface area contributed by atoms with Crippen molar-refractivity contribution in [3.63, 3.8) is 0 Å². The molecule has 2 aromatic carbocycles. The molecule has 2 aromatic rings. The van der Waals surface area contributed by atoms with Crippen LogP contribution in [0.3, 0.4) is 0 Å². The maximum Gasteiger partial charge on any atom is 0.126 e. The molecule has 0 heterocycles. The number of halogens is 2. The zero-order valence-electron chi connectivity index (χ0n) is 12.1. The van der Waals surface area contributed by atoms with Crippen molar-refractivity contribution in [1.29, 1.82) is 0 Å². The van der Waals surface area contributed by atoms with Gasteiger partial charge in [-0.15, -0.1) is 0 Å². The van der Waals surface area contributed by atoms with Crippen LogP contribution in [0.15, 0.2) is 48.5 Å². The van der Waals surface area contributed by atoms with Crippen LogP contribution < -0.4 is 0 Å². The van der Waals surface area contributed by atoms with E-state index in [-0.39, 0.29) is 5.82 Å². The van der Waals surface area contributed by atoms with E-state index < -0.39 is 0 Å². The molecule has 0 spiro atoms. The summed E-state index contributed by atoms with van der Waals surface area (Å²) in [5.74, 6) is -0.0972. The molecule has 0 bridgehead atoms. The van der Waals surface area contributed by atoms with Gasteiger partial charge in [-0.25, -0.2) is 4.39 Å². The molecule has 0 aliphatic heterocycles. The number of rotatable bonds is 1. The lowest BCUT2D eigenvalue weighted by Crippen LogP contribution is -1.83. The van der Waals surface area contributed by atoms with Crippen LogP contribution >= 0.6 is 11.6 Å². The van der Waals surface area contributed by atoms with Crippen LogP contribution in [-0.2, 0) is 6.42 Å². The zero-order valence-corrected chi connectivity index (χ0v) is 12.8. The second-order valence-electron chi connectivity index (χ2n) is 3.69. The average Bonchev–Trinajstić information content (AvgIpc) is 2.46. The van der Waals surface area contributed by atoms with Gasteiger partial charge in [-0.2, -0.15) is 0 Å². The summed E-state index contributed by atoms with van der Waals surface area (Å²) >= 11 is 5.71.